The fraction of sp³-hybridized carbons (Fsp3) is 0.533. The molecule has 0 unspecified atom stereocenters. The van der Waals surface area contributed by atoms with Gasteiger partial charge in [0.05, 0.1) is 6.26 Å². The second-order valence-electron chi connectivity index (χ2n) is 5.69. The lowest BCUT2D eigenvalue weighted by Crippen LogP contribution is -2.38. The summed E-state index contributed by atoms with van der Waals surface area (Å²) in [5.74, 6) is -0.109. The standard InChI is InChI=1S/C15H23N3O3S/c1-22(20,21)16-9-7-15(19)17-14-8-10-18(12-14)11-13-5-3-2-4-6-13/h2-6,14,16H,7-12H2,1H3,(H,17,19)/t14-/m0/s1. The summed E-state index contributed by atoms with van der Waals surface area (Å²) in [6, 6.07) is 10.4. The number of nitrogens with zero attached hydrogens (tertiary/aromatic N) is 1. The molecule has 0 spiro atoms. The molecule has 1 atom stereocenters. The molecule has 1 amide bonds. The van der Waals surface area contributed by atoms with E-state index in [9.17, 15) is 13.2 Å². The minimum atomic E-state index is -3.23. The molecule has 1 saturated heterocycles. The van der Waals surface area contributed by atoms with Crippen molar-refractivity contribution in [1.29, 1.82) is 0 Å². The predicted molar refractivity (Wildman–Crippen MR) is 85.7 cm³/mol. The first kappa shape index (κ1) is 16.9. The Hall–Kier alpha value is -1.44. The van der Waals surface area contributed by atoms with Crippen LogP contribution in [0, 0.1) is 0 Å². The number of carbonyl (C=O) groups is 1. The second kappa shape index (κ2) is 7.71. The van der Waals surface area contributed by atoms with Gasteiger partial charge in [-0.1, -0.05) is 30.3 Å². The smallest absolute Gasteiger partial charge is 0.221 e. The Morgan fingerprint density at radius 1 is 1.32 bits per heavy atom. The second-order valence-corrected chi connectivity index (χ2v) is 7.52. The van der Waals surface area contributed by atoms with E-state index >= 15 is 0 Å². The minimum Gasteiger partial charge on any atom is -0.352 e. The third-order valence-electron chi connectivity index (χ3n) is 3.60. The Kier molecular flexibility index (Phi) is 5.93. The third kappa shape index (κ3) is 6.13. The van der Waals surface area contributed by atoms with Crippen LogP contribution >= 0.6 is 0 Å². The van der Waals surface area contributed by atoms with Crippen molar-refractivity contribution in [3.05, 3.63) is 35.9 Å². The van der Waals surface area contributed by atoms with Crippen molar-refractivity contribution >= 4 is 15.9 Å². The highest BCUT2D eigenvalue weighted by Crippen LogP contribution is 2.13. The molecule has 0 aliphatic carbocycles. The van der Waals surface area contributed by atoms with Gasteiger partial charge in [0, 0.05) is 38.6 Å². The van der Waals surface area contributed by atoms with Gasteiger partial charge in [-0.3, -0.25) is 9.69 Å². The Labute approximate surface area is 131 Å². The molecule has 1 aromatic carbocycles. The zero-order chi connectivity index (χ0) is 16.0. The first-order chi connectivity index (χ1) is 10.4. The summed E-state index contributed by atoms with van der Waals surface area (Å²) in [6.07, 6.45) is 2.18. The van der Waals surface area contributed by atoms with E-state index in [2.05, 4.69) is 27.1 Å². The van der Waals surface area contributed by atoms with Crippen LogP contribution in [0.2, 0.25) is 0 Å². The molecule has 7 heteroatoms. The zero-order valence-electron chi connectivity index (χ0n) is 12.8. The monoisotopic (exact) mass is 325 g/mol. The lowest BCUT2D eigenvalue weighted by Gasteiger charge is -2.16. The number of hydrogen-bond donors (Lipinski definition) is 2. The van der Waals surface area contributed by atoms with E-state index in [1.165, 1.54) is 5.56 Å². The van der Waals surface area contributed by atoms with E-state index in [1.54, 1.807) is 0 Å². The zero-order valence-corrected chi connectivity index (χ0v) is 13.6. The summed E-state index contributed by atoms with van der Waals surface area (Å²) in [6.45, 7) is 2.83. The maximum Gasteiger partial charge on any atom is 0.221 e. The summed E-state index contributed by atoms with van der Waals surface area (Å²) in [5.41, 5.74) is 1.27. The van der Waals surface area contributed by atoms with Crippen molar-refractivity contribution in [3.63, 3.8) is 0 Å². The molecule has 0 radical (unpaired) electrons. The van der Waals surface area contributed by atoms with Crippen LogP contribution in [-0.4, -0.2) is 51.2 Å². The predicted octanol–water partition coefficient (Wildman–Crippen LogP) is 0.316. The molecule has 1 aromatic rings. The van der Waals surface area contributed by atoms with Gasteiger partial charge in [0.15, 0.2) is 0 Å². The Balaban J connectivity index is 1.68. The van der Waals surface area contributed by atoms with Gasteiger partial charge in [-0.25, -0.2) is 13.1 Å². The number of hydrogen-bond acceptors (Lipinski definition) is 4. The Morgan fingerprint density at radius 3 is 2.73 bits per heavy atom. The lowest BCUT2D eigenvalue weighted by atomic mass is 10.2. The highest BCUT2D eigenvalue weighted by atomic mass is 32.2. The van der Waals surface area contributed by atoms with E-state index < -0.39 is 10.0 Å². The van der Waals surface area contributed by atoms with Crippen LogP contribution in [0.25, 0.3) is 0 Å². The van der Waals surface area contributed by atoms with Gasteiger partial charge in [-0.2, -0.15) is 0 Å². The fourth-order valence-electron chi connectivity index (χ4n) is 2.59. The van der Waals surface area contributed by atoms with Crippen molar-refractivity contribution in [2.24, 2.45) is 0 Å². The molecule has 2 N–H and O–H groups in total. The molecule has 0 bridgehead atoms. The Morgan fingerprint density at radius 2 is 2.05 bits per heavy atom. The third-order valence-corrected chi connectivity index (χ3v) is 4.33. The Bertz CT molecular complexity index is 589. The van der Waals surface area contributed by atoms with Gasteiger partial charge in [-0.15, -0.1) is 0 Å². The van der Waals surface area contributed by atoms with Gasteiger partial charge in [0.1, 0.15) is 0 Å². The van der Waals surface area contributed by atoms with E-state index in [0.717, 1.165) is 32.3 Å². The molecular weight excluding hydrogens is 302 g/mol. The van der Waals surface area contributed by atoms with Crippen LogP contribution in [-0.2, 0) is 21.4 Å². The molecule has 22 heavy (non-hydrogen) atoms. The van der Waals surface area contributed by atoms with Crippen molar-refractivity contribution in [2.45, 2.75) is 25.4 Å². The van der Waals surface area contributed by atoms with Crippen LogP contribution in [0.5, 0.6) is 0 Å². The number of nitrogens with one attached hydrogen (secondary N) is 2. The van der Waals surface area contributed by atoms with Crippen molar-refractivity contribution < 1.29 is 13.2 Å². The molecule has 0 aromatic heterocycles. The summed E-state index contributed by atoms with van der Waals surface area (Å²) >= 11 is 0. The summed E-state index contributed by atoms with van der Waals surface area (Å²) in [5, 5.41) is 2.97. The number of carbonyl (C=O) groups excluding carboxylic acids is 1. The maximum atomic E-state index is 11.8. The SMILES string of the molecule is CS(=O)(=O)NCCC(=O)N[C@H]1CCN(Cc2ccccc2)C1. The normalized spacial score (nSPS) is 19.2. The quantitative estimate of drug-likeness (QED) is 0.757. The summed E-state index contributed by atoms with van der Waals surface area (Å²) < 4.78 is 24.2. The molecule has 1 aliphatic rings. The van der Waals surface area contributed by atoms with E-state index in [-0.39, 0.29) is 24.9 Å². The fourth-order valence-corrected chi connectivity index (χ4v) is 3.06. The highest BCUT2D eigenvalue weighted by molar-refractivity contribution is 7.88. The van der Waals surface area contributed by atoms with Gasteiger partial charge < -0.3 is 5.32 Å². The number of amides is 1. The number of sulfonamides is 1. The first-order valence-electron chi connectivity index (χ1n) is 7.43. The number of benzene rings is 1. The van der Waals surface area contributed by atoms with Crippen LogP contribution in [0.15, 0.2) is 30.3 Å². The van der Waals surface area contributed by atoms with Crippen molar-refractivity contribution in [1.82, 2.24) is 14.9 Å². The molecule has 122 valence electrons. The number of rotatable bonds is 7. The lowest BCUT2D eigenvalue weighted by molar-refractivity contribution is -0.121. The van der Waals surface area contributed by atoms with Crippen molar-refractivity contribution in [2.75, 3.05) is 25.9 Å². The molecule has 1 aliphatic heterocycles. The van der Waals surface area contributed by atoms with Crippen LogP contribution in [0.1, 0.15) is 18.4 Å². The maximum absolute atomic E-state index is 11.8. The van der Waals surface area contributed by atoms with Crippen LogP contribution in [0.3, 0.4) is 0 Å². The molecule has 6 nitrogen and oxygen atoms in total. The largest absolute Gasteiger partial charge is 0.352 e. The molecule has 0 saturated carbocycles. The summed E-state index contributed by atoms with van der Waals surface area (Å²) in [4.78, 5) is 14.1. The van der Waals surface area contributed by atoms with E-state index in [0.29, 0.717) is 0 Å². The molecule has 1 heterocycles. The van der Waals surface area contributed by atoms with Crippen LogP contribution in [0.4, 0.5) is 0 Å². The van der Waals surface area contributed by atoms with Gasteiger partial charge in [0.25, 0.3) is 0 Å². The molecular formula is C15H23N3O3S. The molecule has 1 fully saturated rings. The average molecular weight is 325 g/mol. The summed E-state index contributed by atoms with van der Waals surface area (Å²) in [7, 11) is -3.23. The van der Waals surface area contributed by atoms with Crippen molar-refractivity contribution in [3.8, 4) is 0 Å². The van der Waals surface area contributed by atoms with E-state index in [4.69, 9.17) is 0 Å². The first-order valence-corrected chi connectivity index (χ1v) is 9.32. The van der Waals surface area contributed by atoms with Gasteiger partial charge >= 0.3 is 0 Å². The molecule has 2 rings (SSSR count). The highest BCUT2D eigenvalue weighted by Gasteiger charge is 2.23. The van der Waals surface area contributed by atoms with E-state index in [1.807, 2.05) is 18.2 Å². The minimum absolute atomic E-state index is 0.109. The average Bonchev–Trinajstić information content (AvgIpc) is 2.85. The van der Waals surface area contributed by atoms with Gasteiger partial charge in [-0.05, 0) is 12.0 Å². The van der Waals surface area contributed by atoms with Crippen LogP contribution < -0.4 is 10.0 Å². The topological polar surface area (TPSA) is 78.5 Å². The number of likely N-dealkylation sites (tertiary alicyclic amines) is 1. The van der Waals surface area contributed by atoms with Gasteiger partial charge in [0.2, 0.25) is 15.9 Å².